The molecule has 0 radical (unpaired) electrons. The Kier molecular flexibility index (Phi) is 5.91. The molecule has 0 bridgehead atoms. The van der Waals surface area contributed by atoms with Crippen LogP contribution < -0.4 is 9.75 Å². The molecule has 0 N–H and O–H groups in total. The third kappa shape index (κ3) is 4.47. The van der Waals surface area contributed by atoms with Gasteiger partial charge in [0.05, 0.1) is 28.5 Å². The molecule has 3 aromatic carbocycles. The molecule has 0 aliphatic heterocycles. The van der Waals surface area contributed by atoms with Crippen molar-refractivity contribution >= 4 is 44.5 Å². The molecule has 160 valence electrons. The van der Waals surface area contributed by atoms with Gasteiger partial charge in [0.25, 0.3) is 11.6 Å². The lowest BCUT2D eigenvalue weighted by atomic mass is 10.2. The first kappa shape index (κ1) is 21.1. The highest BCUT2D eigenvalue weighted by molar-refractivity contribution is 7.22. The number of aryl methyl sites for hydroxylation is 1. The Bertz CT molecular complexity index is 1330. The number of carbonyl (C=O) groups excluding carboxylic acids is 1. The first-order chi connectivity index (χ1) is 15.4. The van der Waals surface area contributed by atoms with E-state index in [1.807, 2.05) is 37.3 Å². The van der Waals surface area contributed by atoms with Gasteiger partial charge in [0.2, 0.25) is 5.13 Å². The Labute approximate surface area is 187 Å². The average molecular weight is 446 g/mol. The van der Waals surface area contributed by atoms with Crippen LogP contribution in [0.15, 0.2) is 71.8 Å². The van der Waals surface area contributed by atoms with Crippen LogP contribution in [0.25, 0.3) is 10.2 Å². The molecule has 0 spiro atoms. The predicted octanol–water partition coefficient (Wildman–Crippen LogP) is 5.20. The van der Waals surface area contributed by atoms with Crippen LogP contribution in [-0.2, 0) is 0 Å². The lowest BCUT2D eigenvalue weighted by molar-refractivity contribution is -0.384. The molecule has 4 aromatic rings. The van der Waals surface area contributed by atoms with E-state index in [4.69, 9.17) is 4.74 Å². The first-order valence-electron chi connectivity index (χ1n) is 9.59. The minimum absolute atomic E-state index is 0.136. The van der Waals surface area contributed by atoms with Gasteiger partial charge in [0.1, 0.15) is 5.75 Å². The van der Waals surface area contributed by atoms with Gasteiger partial charge in [0, 0.05) is 17.7 Å². The SMILES string of the molecule is COc1ccc2nc(N(/N=C/c3ccc(C)cc3)C(=O)c3cccc([N+](=O)[O-])c3)sc2c1. The van der Waals surface area contributed by atoms with Crippen LogP contribution in [0.2, 0.25) is 0 Å². The van der Waals surface area contributed by atoms with Crippen LogP contribution in [0.4, 0.5) is 10.8 Å². The number of hydrogen-bond acceptors (Lipinski definition) is 7. The summed E-state index contributed by atoms with van der Waals surface area (Å²) in [4.78, 5) is 28.5. The van der Waals surface area contributed by atoms with E-state index in [-0.39, 0.29) is 11.3 Å². The van der Waals surface area contributed by atoms with Crippen molar-refractivity contribution in [3.63, 3.8) is 0 Å². The lowest BCUT2D eigenvalue weighted by Crippen LogP contribution is -2.25. The molecule has 0 aliphatic rings. The number of fused-ring (bicyclic) bond motifs is 1. The molecule has 0 saturated heterocycles. The van der Waals surface area contributed by atoms with Crippen molar-refractivity contribution in [3.8, 4) is 5.75 Å². The van der Waals surface area contributed by atoms with Gasteiger partial charge in [-0.15, -0.1) is 0 Å². The molecule has 1 heterocycles. The van der Waals surface area contributed by atoms with E-state index in [0.717, 1.165) is 20.8 Å². The van der Waals surface area contributed by atoms with Gasteiger partial charge in [-0.25, -0.2) is 4.98 Å². The summed E-state index contributed by atoms with van der Waals surface area (Å²) in [6.45, 7) is 1.98. The zero-order valence-corrected chi connectivity index (χ0v) is 18.1. The molecule has 0 aliphatic carbocycles. The van der Waals surface area contributed by atoms with Gasteiger partial charge in [-0.1, -0.05) is 47.2 Å². The molecular weight excluding hydrogens is 428 g/mol. The summed E-state index contributed by atoms with van der Waals surface area (Å²) in [7, 11) is 1.58. The van der Waals surface area contributed by atoms with E-state index in [9.17, 15) is 14.9 Å². The minimum atomic E-state index is -0.541. The van der Waals surface area contributed by atoms with Crippen LogP contribution in [0.5, 0.6) is 5.75 Å². The Morgan fingerprint density at radius 2 is 1.94 bits per heavy atom. The molecule has 9 heteroatoms. The Morgan fingerprint density at radius 3 is 2.66 bits per heavy atom. The van der Waals surface area contributed by atoms with E-state index in [1.165, 1.54) is 35.6 Å². The van der Waals surface area contributed by atoms with Crippen molar-refractivity contribution in [2.24, 2.45) is 5.10 Å². The summed E-state index contributed by atoms with van der Waals surface area (Å²) in [6.07, 6.45) is 1.56. The molecule has 32 heavy (non-hydrogen) atoms. The highest BCUT2D eigenvalue weighted by atomic mass is 32.1. The monoisotopic (exact) mass is 446 g/mol. The van der Waals surface area contributed by atoms with E-state index < -0.39 is 10.8 Å². The molecular formula is C23H18N4O4S. The van der Waals surface area contributed by atoms with Crippen molar-refractivity contribution < 1.29 is 14.5 Å². The smallest absolute Gasteiger partial charge is 0.281 e. The zero-order valence-electron chi connectivity index (χ0n) is 17.3. The Hall–Kier alpha value is -4.11. The maximum Gasteiger partial charge on any atom is 0.281 e. The minimum Gasteiger partial charge on any atom is -0.497 e. The number of benzene rings is 3. The number of carbonyl (C=O) groups is 1. The summed E-state index contributed by atoms with van der Waals surface area (Å²) in [5.41, 5.74) is 2.56. The van der Waals surface area contributed by atoms with Crippen molar-refractivity contribution in [2.45, 2.75) is 6.92 Å². The number of hydrazone groups is 1. The molecule has 4 rings (SSSR count). The maximum absolute atomic E-state index is 13.3. The summed E-state index contributed by atoms with van der Waals surface area (Å²) in [6, 6.07) is 18.6. The van der Waals surface area contributed by atoms with Crippen LogP contribution in [0.3, 0.4) is 0 Å². The van der Waals surface area contributed by atoms with Gasteiger partial charge < -0.3 is 4.74 Å². The molecule has 1 aromatic heterocycles. The number of amides is 1. The molecule has 0 saturated carbocycles. The number of nitro benzene ring substituents is 1. The number of nitrogens with zero attached hydrogens (tertiary/aromatic N) is 4. The van der Waals surface area contributed by atoms with Gasteiger partial charge in [0.15, 0.2) is 0 Å². The fourth-order valence-electron chi connectivity index (χ4n) is 2.95. The van der Waals surface area contributed by atoms with Gasteiger partial charge in [-0.3, -0.25) is 14.9 Å². The second kappa shape index (κ2) is 8.94. The largest absolute Gasteiger partial charge is 0.497 e. The summed E-state index contributed by atoms with van der Waals surface area (Å²) < 4.78 is 6.09. The lowest BCUT2D eigenvalue weighted by Gasteiger charge is -2.13. The molecule has 0 unspecified atom stereocenters. The van der Waals surface area contributed by atoms with Crippen molar-refractivity contribution in [2.75, 3.05) is 12.1 Å². The second-order valence-corrected chi connectivity index (χ2v) is 7.92. The van der Waals surface area contributed by atoms with Gasteiger partial charge >= 0.3 is 0 Å². The number of nitro groups is 1. The number of ether oxygens (including phenoxy) is 1. The van der Waals surface area contributed by atoms with Crippen LogP contribution >= 0.6 is 11.3 Å². The summed E-state index contributed by atoms with van der Waals surface area (Å²) in [5.74, 6) is 0.149. The van der Waals surface area contributed by atoms with Gasteiger partial charge in [-0.05, 0) is 36.8 Å². The van der Waals surface area contributed by atoms with Crippen molar-refractivity contribution in [1.29, 1.82) is 0 Å². The number of anilines is 1. The number of aromatic nitrogens is 1. The molecule has 8 nitrogen and oxygen atoms in total. The molecule has 1 amide bonds. The quantitative estimate of drug-likeness (QED) is 0.230. The third-order valence-corrected chi connectivity index (χ3v) is 5.66. The fraction of sp³-hybridized carbons (Fsp3) is 0.0870. The van der Waals surface area contributed by atoms with E-state index >= 15 is 0 Å². The van der Waals surface area contributed by atoms with Crippen LogP contribution in [-0.4, -0.2) is 29.1 Å². The van der Waals surface area contributed by atoms with Gasteiger partial charge in [-0.2, -0.15) is 10.1 Å². The highest BCUT2D eigenvalue weighted by Crippen LogP contribution is 2.32. The van der Waals surface area contributed by atoms with E-state index in [2.05, 4.69) is 10.1 Å². The Morgan fingerprint density at radius 1 is 1.16 bits per heavy atom. The van der Waals surface area contributed by atoms with E-state index in [1.54, 1.807) is 25.5 Å². The van der Waals surface area contributed by atoms with Crippen LogP contribution in [0, 0.1) is 17.0 Å². The number of thiazole rings is 1. The van der Waals surface area contributed by atoms with Crippen LogP contribution in [0.1, 0.15) is 21.5 Å². The van der Waals surface area contributed by atoms with Crippen molar-refractivity contribution in [1.82, 2.24) is 4.98 Å². The number of non-ortho nitro benzene ring substituents is 1. The topological polar surface area (TPSA) is 97.9 Å². The Balaban J connectivity index is 1.77. The molecule has 0 fully saturated rings. The summed E-state index contributed by atoms with van der Waals surface area (Å²) in [5, 5.41) is 17.1. The zero-order chi connectivity index (χ0) is 22.7. The maximum atomic E-state index is 13.3. The standard InChI is InChI=1S/C23H18N4O4S/c1-15-6-8-16(9-7-15)14-24-26(22(28)17-4-3-5-18(12-17)27(29)30)23-25-20-11-10-19(31-2)13-21(20)32-23/h3-14H,1-2H3/b24-14+. The number of methoxy groups -OCH3 is 1. The summed E-state index contributed by atoms with van der Waals surface area (Å²) >= 11 is 1.27. The number of hydrogen-bond donors (Lipinski definition) is 0. The second-order valence-electron chi connectivity index (χ2n) is 6.91. The fourth-order valence-corrected chi connectivity index (χ4v) is 3.90. The normalized spacial score (nSPS) is 11.1. The average Bonchev–Trinajstić information content (AvgIpc) is 3.23. The van der Waals surface area contributed by atoms with Crippen molar-refractivity contribution in [3.05, 3.63) is 93.5 Å². The predicted molar refractivity (Wildman–Crippen MR) is 125 cm³/mol. The first-order valence-corrected chi connectivity index (χ1v) is 10.4. The number of rotatable bonds is 6. The third-order valence-electron chi connectivity index (χ3n) is 4.66. The molecule has 0 atom stereocenters. The highest BCUT2D eigenvalue weighted by Gasteiger charge is 2.23. The van der Waals surface area contributed by atoms with E-state index in [0.29, 0.717) is 16.4 Å².